The van der Waals surface area contributed by atoms with Crippen molar-refractivity contribution in [2.75, 3.05) is 38.7 Å². The third-order valence-electron chi connectivity index (χ3n) is 5.52. The largest absolute Gasteiger partial charge is 0.462 e. The molecule has 1 fully saturated rings. The predicted molar refractivity (Wildman–Crippen MR) is 124 cm³/mol. The molecule has 2 aromatic rings. The van der Waals surface area contributed by atoms with Crippen molar-refractivity contribution < 1.29 is 23.9 Å². The number of ether oxygens (including phenoxy) is 2. The molecule has 1 aromatic heterocycles. The van der Waals surface area contributed by atoms with Crippen LogP contribution >= 0.6 is 0 Å². The highest BCUT2D eigenvalue weighted by Gasteiger charge is 2.34. The molecule has 0 radical (unpaired) electrons. The quantitative estimate of drug-likeness (QED) is 0.525. The van der Waals surface area contributed by atoms with Crippen LogP contribution < -0.4 is 5.32 Å². The van der Waals surface area contributed by atoms with Crippen molar-refractivity contribution in [1.82, 2.24) is 14.4 Å². The average molecular weight is 457 g/mol. The summed E-state index contributed by atoms with van der Waals surface area (Å²) in [5.74, 6) is -0.510. The van der Waals surface area contributed by atoms with Gasteiger partial charge >= 0.3 is 12.0 Å². The molecule has 1 heterocycles. The molecule has 0 aliphatic heterocycles. The van der Waals surface area contributed by atoms with E-state index in [2.05, 4.69) is 5.32 Å². The first kappa shape index (κ1) is 24.3. The number of hydrogen-bond donors (Lipinski definition) is 1. The minimum atomic E-state index is -0.416. The fraction of sp³-hybridized carbons (Fsp3) is 0.458. The molecule has 0 bridgehead atoms. The van der Waals surface area contributed by atoms with Crippen molar-refractivity contribution in [3.63, 3.8) is 0 Å². The topological polar surface area (TPSA) is 93.1 Å². The molecule has 9 nitrogen and oxygen atoms in total. The molecule has 178 valence electrons. The number of carbonyl (C=O) groups excluding carboxylic acids is 3. The molecule has 0 unspecified atom stereocenters. The molecule has 1 saturated carbocycles. The van der Waals surface area contributed by atoms with Gasteiger partial charge in [0.2, 0.25) is 5.91 Å². The molecule has 0 spiro atoms. The van der Waals surface area contributed by atoms with Crippen LogP contribution in [0.3, 0.4) is 0 Å². The Hall–Kier alpha value is -3.33. The van der Waals surface area contributed by atoms with Gasteiger partial charge in [-0.05, 0) is 56.2 Å². The van der Waals surface area contributed by atoms with Crippen molar-refractivity contribution in [2.24, 2.45) is 7.05 Å². The first-order chi connectivity index (χ1) is 15.9. The van der Waals surface area contributed by atoms with E-state index in [4.69, 9.17) is 9.47 Å². The maximum atomic E-state index is 13.2. The molecule has 1 aromatic carbocycles. The summed E-state index contributed by atoms with van der Waals surface area (Å²) in [7, 11) is 3.51. The number of nitrogens with one attached hydrogen (secondary N) is 1. The first-order valence-corrected chi connectivity index (χ1v) is 11.1. The number of benzene rings is 1. The fourth-order valence-electron chi connectivity index (χ4n) is 3.46. The molecule has 0 saturated heterocycles. The number of hydrogen-bond acceptors (Lipinski definition) is 5. The van der Waals surface area contributed by atoms with Crippen LogP contribution in [-0.4, -0.2) is 71.7 Å². The van der Waals surface area contributed by atoms with Crippen LogP contribution in [0.2, 0.25) is 0 Å². The second-order valence-electron chi connectivity index (χ2n) is 8.01. The molecule has 1 aliphatic carbocycles. The van der Waals surface area contributed by atoms with E-state index in [0.717, 1.165) is 18.5 Å². The summed E-state index contributed by atoms with van der Waals surface area (Å²) in [6, 6.07) is 10.2. The zero-order valence-corrected chi connectivity index (χ0v) is 19.5. The monoisotopic (exact) mass is 456 g/mol. The van der Waals surface area contributed by atoms with Gasteiger partial charge < -0.3 is 29.2 Å². The van der Waals surface area contributed by atoms with E-state index in [1.165, 1.54) is 4.90 Å². The van der Waals surface area contributed by atoms with Crippen molar-refractivity contribution in [1.29, 1.82) is 0 Å². The Morgan fingerprint density at radius 1 is 1.15 bits per heavy atom. The van der Waals surface area contributed by atoms with Gasteiger partial charge in [-0.15, -0.1) is 0 Å². The number of carbonyl (C=O) groups is 3. The average Bonchev–Trinajstić information content (AvgIpc) is 3.56. The van der Waals surface area contributed by atoms with Gasteiger partial charge in [0, 0.05) is 44.3 Å². The smallest absolute Gasteiger partial charge is 0.338 e. The third kappa shape index (κ3) is 6.82. The third-order valence-corrected chi connectivity index (χ3v) is 5.52. The summed E-state index contributed by atoms with van der Waals surface area (Å²) < 4.78 is 12.1. The normalized spacial score (nSPS) is 12.8. The second kappa shape index (κ2) is 11.5. The van der Waals surface area contributed by atoms with Crippen molar-refractivity contribution in [2.45, 2.75) is 32.4 Å². The van der Waals surface area contributed by atoms with E-state index in [1.54, 1.807) is 38.3 Å². The van der Waals surface area contributed by atoms with Gasteiger partial charge in [0.05, 0.1) is 25.3 Å². The highest BCUT2D eigenvalue weighted by molar-refractivity contribution is 5.94. The summed E-state index contributed by atoms with van der Waals surface area (Å²) in [5, 5.41) is 2.80. The van der Waals surface area contributed by atoms with Crippen LogP contribution in [0.15, 0.2) is 42.6 Å². The Morgan fingerprint density at radius 2 is 1.88 bits per heavy atom. The number of esters is 1. The number of anilines is 1. The SMILES string of the molecule is CCOC(=O)c1ccc(NC(=O)N(CCOC)CC(=O)N(Cc2cccn2C)C2CC2)cc1. The summed E-state index contributed by atoms with van der Waals surface area (Å²) in [4.78, 5) is 41.2. The number of aromatic nitrogens is 1. The van der Waals surface area contributed by atoms with Gasteiger partial charge in [-0.25, -0.2) is 9.59 Å². The molecule has 0 atom stereocenters. The van der Waals surface area contributed by atoms with Crippen LogP contribution in [0.25, 0.3) is 0 Å². The Kier molecular flexibility index (Phi) is 8.48. The zero-order valence-electron chi connectivity index (χ0n) is 19.5. The van der Waals surface area contributed by atoms with Gasteiger partial charge in [0.15, 0.2) is 0 Å². The lowest BCUT2D eigenvalue weighted by atomic mass is 10.2. The number of amides is 3. The Bertz CT molecular complexity index is 952. The second-order valence-corrected chi connectivity index (χ2v) is 8.01. The molecule has 9 heteroatoms. The number of nitrogens with zero attached hydrogens (tertiary/aromatic N) is 3. The minimum absolute atomic E-state index is 0.0446. The highest BCUT2D eigenvalue weighted by Crippen LogP contribution is 2.28. The highest BCUT2D eigenvalue weighted by atomic mass is 16.5. The Balaban J connectivity index is 1.65. The maximum absolute atomic E-state index is 13.2. The zero-order chi connectivity index (χ0) is 23.8. The lowest BCUT2D eigenvalue weighted by Gasteiger charge is -2.28. The summed E-state index contributed by atoms with van der Waals surface area (Å²) in [6.07, 6.45) is 3.91. The van der Waals surface area contributed by atoms with Crippen LogP contribution in [0.1, 0.15) is 35.8 Å². The maximum Gasteiger partial charge on any atom is 0.338 e. The lowest BCUT2D eigenvalue weighted by molar-refractivity contribution is -0.133. The van der Waals surface area contributed by atoms with Crippen molar-refractivity contribution in [3.8, 4) is 0 Å². The van der Waals surface area contributed by atoms with E-state index in [-0.39, 0.29) is 25.0 Å². The van der Waals surface area contributed by atoms with Crippen LogP contribution in [0.4, 0.5) is 10.5 Å². The molecule has 3 amide bonds. The van der Waals surface area contributed by atoms with E-state index in [9.17, 15) is 14.4 Å². The standard InChI is InChI=1S/C24H32N4O5/c1-4-33-23(30)18-7-9-19(10-8-18)25-24(31)27(14-15-32-3)17-22(29)28(20-11-12-20)16-21-6-5-13-26(21)2/h5-10,13,20H,4,11-12,14-17H2,1-3H3,(H,25,31). The van der Waals surface area contributed by atoms with Gasteiger partial charge in [-0.3, -0.25) is 4.79 Å². The first-order valence-electron chi connectivity index (χ1n) is 11.1. The van der Waals surface area contributed by atoms with Gasteiger partial charge in [-0.1, -0.05) is 0 Å². The van der Waals surface area contributed by atoms with E-state index in [1.807, 2.05) is 34.8 Å². The number of rotatable bonds is 11. The van der Waals surface area contributed by atoms with E-state index in [0.29, 0.717) is 31.0 Å². The fourth-order valence-corrected chi connectivity index (χ4v) is 3.46. The van der Waals surface area contributed by atoms with Crippen LogP contribution in [0.5, 0.6) is 0 Å². The van der Waals surface area contributed by atoms with Crippen molar-refractivity contribution >= 4 is 23.6 Å². The number of aryl methyl sites for hydroxylation is 1. The Morgan fingerprint density at radius 3 is 2.45 bits per heavy atom. The summed E-state index contributed by atoms with van der Waals surface area (Å²) in [5.41, 5.74) is 1.97. The van der Waals surface area contributed by atoms with Gasteiger partial charge in [0.25, 0.3) is 0 Å². The lowest BCUT2D eigenvalue weighted by Crippen LogP contribution is -2.46. The summed E-state index contributed by atoms with van der Waals surface area (Å²) >= 11 is 0. The summed E-state index contributed by atoms with van der Waals surface area (Å²) in [6.45, 7) is 3.09. The molecule has 1 aliphatic rings. The van der Waals surface area contributed by atoms with Crippen LogP contribution in [-0.2, 0) is 27.9 Å². The molecule has 3 rings (SSSR count). The molecular formula is C24H32N4O5. The number of methoxy groups -OCH3 is 1. The molecule has 1 N–H and O–H groups in total. The molecular weight excluding hydrogens is 424 g/mol. The van der Waals surface area contributed by atoms with E-state index >= 15 is 0 Å². The number of urea groups is 1. The van der Waals surface area contributed by atoms with Gasteiger partial charge in [0.1, 0.15) is 6.54 Å². The van der Waals surface area contributed by atoms with E-state index < -0.39 is 12.0 Å². The van der Waals surface area contributed by atoms with Crippen LogP contribution in [0, 0.1) is 0 Å². The minimum Gasteiger partial charge on any atom is -0.462 e. The predicted octanol–water partition coefficient (Wildman–Crippen LogP) is 2.87. The van der Waals surface area contributed by atoms with Crippen molar-refractivity contribution in [3.05, 3.63) is 53.9 Å². The van der Waals surface area contributed by atoms with Gasteiger partial charge in [-0.2, -0.15) is 0 Å². The molecule has 33 heavy (non-hydrogen) atoms. The Labute approximate surface area is 194 Å².